The van der Waals surface area contributed by atoms with Crippen LogP contribution in [0.5, 0.6) is 0 Å². The number of imide groups is 1. The van der Waals surface area contributed by atoms with Crippen molar-refractivity contribution < 1.29 is 9.59 Å². The first-order valence-electron chi connectivity index (χ1n) is 5.90. The Balaban J connectivity index is 2.53. The molecule has 2 rings (SSSR count). The Morgan fingerprint density at radius 1 is 1.00 bits per heavy atom. The standard InChI is InChI=1S/C14H17NO2/c1-8(2)7-15-13(16)11-9(3)5-6-10(4)12(11)14(15)17/h5-6,8H,7H2,1-4H3. The first-order valence-corrected chi connectivity index (χ1v) is 5.90. The van der Waals surface area contributed by atoms with Crippen LogP contribution in [0.3, 0.4) is 0 Å². The molecule has 0 radical (unpaired) electrons. The van der Waals surface area contributed by atoms with Crippen molar-refractivity contribution >= 4 is 11.8 Å². The van der Waals surface area contributed by atoms with Gasteiger partial charge in [0, 0.05) is 6.54 Å². The smallest absolute Gasteiger partial charge is 0.261 e. The second kappa shape index (κ2) is 3.99. The molecule has 1 aliphatic rings. The molecule has 0 aromatic heterocycles. The van der Waals surface area contributed by atoms with Gasteiger partial charge in [0.05, 0.1) is 11.1 Å². The van der Waals surface area contributed by atoms with Crippen molar-refractivity contribution in [2.75, 3.05) is 6.54 Å². The summed E-state index contributed by atoms with van der Waals surface area (Å²) in [6.45, 7) is 8.25. The highest BCUT2D eigenvalue weighted by Crippen LogP contribution is 2.28. The summed E-state index contributed by atoms with van der Waals surface area (Å²) in [5.74, 6) is 0.0117. The molecule has 0 saturated carbocycles. The molecule has 90 valence electrons. The fourth-order valence-electron chi connectivity index (χ4n) is 2.26. The lowest BCUT2D eigenvalue weighted by atomic mass is 9.99. The zero-order chi connectivity index (χ0) is 12.7. The average molecular weight is 231 g/mol. The molecule has 3 heteroatoms. The summed E-state index contributed by atoms with van der Waals surface area (Å²) in [6, 6.07) is 3.80. The van der Waals surface area contributed by atoms with Gasteiger partial charge in [-0.25, -0.2) is 0 Å². The second-order valence-electron chi connectivity index (χ2n) is 5.06. The summed E-state index contributed by atoms with van der Waals surface area (Å²) in [7, 11) is 0. The third kappa shape index (κ3) is 1.75. The van der Waals surface area contributed by atoms with Gasteiger partial charge in [-0.1, -0.05) is 26.0 Å². The lowest BCUT2D eigenvalue weighted by Crippen LogP contribution is -2.33. The normalized spacial score (nSPS) is 14.8. The number of hydrogen-bond acceptors (Lipinski definition) is 2. The predicted octanol–water partition coefficient (Wildman–Crippen LogP) is 2.56. The van der Waals surface area contributed by atoms with Crippen LogP contribution in [-0.4, -0.2) is 23.3 Å². The Morgan fingerprint density at radius 2 is 1.41 bits per heavy atom. The van der Waals surface area contributed by atoms with Crippen molar-refractivity contribution in [3.8, 4) is 0 Å². The molecule has 0 atom stereocenters. The molecule has 0 fully saturated rings. The molecule has 0 N–H and O–H groups in total. The fraction of sp³-hybridized carbons (Fsp3) is 0.429. The van der Waals surface area contributed by atoms with Crippen molar-refractivity contribution in [2.45, 2.75) is 27.7 Å². The van der Waals surface area contributed by atoms with Crippen molar-refractivity contribution in [3.05, 3.63) is 34.4 Å². The second-order valence-corrected chi connectivity index (χ2v) is 5.06. The van der Waals surface area contributed by atoms with Crippen LogP contribution in [0.2, 0.25) is 0 Å². The van der Waals surface area contributed by atoms with Crippen molar-refractivity contribution in [3.63, 3.8) is 0 Å². The molecule has 0 spiro atoms. The lowest BCUT2D eigenvalue weighted by Gasteiger charge is -2.16. The quantitative estimate of drug-likeness (QED) is 0.733. The molecule has 0 aliphatic carbocycles. The Kier molecular flexibility index (Phi) is 2.77. The molecular weight excluding hydrogens is 214 g/mol. The number of rotatable bonds is 2. The van der Waals surface area contributed by atoms with E-state index < -0.39 is 0 Å². The molecule has 17 heavy (non-hydrogen) atoms. The molecule has 1 aromatic rings. The highest BCUT2D eigenvalue weighted by molar-refractivity contribution is 6.22. The number of benzene rings is 1. The van der Waals surface area contributed by atoms with E-state index in [4.69, 9.17) is 0 Å². The van der Waals surface area contributed by atoms with Gasteiger partial charge in [0.25, 0.3) is 11.8 Å². The van der Waals surface area contributed by atoms with Gasteiger partial charge >= 0.3 is 0 Å². The summed E-state index contributed by atoms with van der Waals surface area (Å²) in [6.07, 6.45) is 0. The summed E-state index contributed by atoms with van der Waals surface area (Å²) < 4.78 is 0. The van der Waals surface area contributed by atoms with Crippen LogP contribution < -0.4 is 0 Å². The fourth-order valence-corrected chi connectivity index (χ4v) is 2.26. The predicted molar refractivity (Wildman–Crippen MR) is 66.1 cm³/mol. The van der Waals surface area contributed by atoms with Crippen LogP contribution in [0.4, 0.5) is 0 Å². The Morgan fingerprint density at radius 3 is 1.76 bits per heavy atom. The number of hydrogen-bond donors (Lipinski definition) is 0. The minimum absolute atomic E-state index is 0.139. The number of amides is 2. The summed E-state index contributed by atoms with van der Waals surface area (Å²) in [5, 5.41) is 0. The van der Waals surface area contributed by atoms with Gasteiger partial charge in [-0.15, -0.1) is 0 Å². The van der Waals surface area contributed by atoms with Gasteiger partial charge in [0.2, 0.25) is 0 Å². The maximum atomic E-state index is 12.2. The summed E-state index contributed by atoms with van der Waals surface area (Å²) >= 11 is 0. The molecular formula is C14H17NO2. The first-order chi connectivity index (χ1) is 7.93. The van der Waals surface area contributed by atoms with Gasteiger partial charge < -0.3 is 0 Å². The van der Waals surface area contributed by atoms with Gasteiger partial charge in [0.1, 0.15) is 0 Å². The van der Waals surface area contributed by atoms with E-state index in [0.717, 1.165) is 11.1 Å². The monoisotopic (exact) mass is 231 g/mol. The summed E-state index contributed by atoms with van der Waals surface area (Å²) in [4.78, 5) is 25.8. The number of aryl methyl sites for hydroxylation is 2. The Labute approximate surface area is 101 Å². The minimum atomic E-state index is -0.139. The van der Waals surface area contributed by atoms with E-state index in [0.29, 0.717) is 17.7 Å². The Bertz CT molecular complexity index is 462. The highest BCUT2D eigenvalue weighted by Gasteiger charge is 2.37. The number of nitrogens with zero attached hydrogens (tertiary/aromatic N) is 1. The van der Waals surface area contributed by atoms with Crippen LogP contribution in [0.15, 0.2) is 12.1 Å². The van der Waals surface area contributed by atoms with Crippen molar-refractivity contribution in [2.24, 2.45) is 5.92 Å². The molecule has 3 nitrogen and oxygen atoms in total. The van der Waals surface area contributed by atoms with Gasteiger partial charge in [-0.3, -0.25) is 14.5 Å². The summed E-state index contributed by atoms with van der Waals surface area (Å²) in [5.41, 5.74) is 2.96. The molecule has 1 heterocycles. The van der Waals surface area contributed by atoms with E-state index in [9.17, 15) is 9.59 Å². The SMILES string of the molecule is Cc1ccc(C)c2c1C(=O)N(CC(C)C)C2=O. The first kappa shape index (κ1) is 11.8. The van der Waals surface area contributed by atoms with Crippen molar-refractivity contribution in [1.82, 2.24) is 4.90 Å². The molecule has 1 aromatic carbocycles. The zero-order valence-electron chi connectivity index (χ0n) is 10.7. The topological polar surface area (TPSA) is 37.4 Å². The zero-order valence-corrected chi connectivity index (χ0v) is 10.7. The van der Waals surface area contributed by atoms with E-state index in [2.05, 4.69) is 0 Å². The van der Waals surface area contributed by atoms with E-state index in [1.165, 1.54) is 4.90 Å². The van der Waals surface area contributed by atoms with Crippen LogP contribution in [0.1, 0.15) is 45.7 Å². The minimum Gasteiger partial charge on any atom is -0.274 e. The van der Waals surface area contributed by atoms with Gasteiger partial charge in [-0.05, 0) is 30.9 Å². The van der Waals surface area contributed by atoms with Gasteiger partial charge in [-0.2, -0.15) is 0 Å². The number of carbonyl (C=O) groups excluding carboxylic acids is 2. The third-order valence-electron chi connectivity index (χ3n) is 3.09. The maximum absolute atomic E-state index is 12.2. The number of fused-ring (bicyclic) bond motifs is 1. The van der Waals surface area contributed by atoms with Crippen LogP contribution >= 0.6 is 0 Å². The third-order valence-corrected chi connectivity index (χ3v) is 3.09. The highest BCUT2D eigenvalue weighted by atomic mass is 16.2. The Hall–Kier alpha value is -1.64. The maximum Gasteiger partial charge on any atom is 0.261 e. The van der Waals surface area contributed by atoms with Crippen molar-refractivity contribution in [1.29, 1.82) is 0 Å². The molecule has 1 aliphatic heterocycles. The molecule has 0 saturated heterocycles. The van der Waals surface area contributed by atoms with Gasteiger partial charge in [0.15, 0.2) is 0 Å². The molecule has 0 unspecified atom stereocenters. The molecule has 2 amide bonds. The van der Waals surface area contributed by atoms with Crippen LogP contribution in [0, 0.1) is 19.8 Å². The van der Waals surface area contributed by atoms with Crippen LogP contribution in [0.25, 0.3) is 0 Å². The van der Waals surface area contributed by atoms with E-state index in [1.54, 1.807) is 0 Å². The number of carbonyl (C=O) groups is 2. The van der Waals surface area contributed by atoms with E-state index in [1.807, 2.05) is 39.8 Å². The largest absolute Gasteiger partial charge is 0.274 e. The average Bonchev–Trinajstić information content (AvgIpc) is 2.49. The molecule has 0 bridgehead atoms. The van der Waals surface area contributed by atoms with E-state index in [-0.39, 0.29) is 17.7 Å². The van der Waals surface area contributed by atoms with Crippen LogP contribution in [-0.2, 0) is 0 Å². The lowest BCUT2D eigenvalue weighted by molar-refractivity contribution is 0.0636. The van der Waals surface area contributed by atoms with E-state index >= 15 is 0 Å².